The molecule has 1 amide bonds. The van der Waals surface area contributed by atoms with Crippen molar-refractivity contribution in [2.45, 2.75) is 38.8 Å². The summed E-state index contributed by atoms with van der Waals surface area (Å²) in [6.45, 7) is 5.37. The van der Waals surface area contributed by atoms with Crippen molar-refractivity contribution in [3.8, 4) is 0 Å². The lowest BCUT2D eigenvalue weighted by Crippen LogP contribution is -2.39. The number of methoxy groups -OCH3 is 1. The molecule has 2 atom stereocenters. The highest BCUT2D eigenvalue weighted by Gasteiger charge is 2.32. The molecule has 0 bridgehead atoms. The average Bonchev–Trinajstić information content (AvgIpc) is 2.49. The van der Waals surface area contributed by atoms with Crippen molar-refractivity contribution in [1.82, 2.24) is 10.2 Å². The average molecular weight is 200 g/mol. The minimum absolute atomic E-state index is 0.0271. The van der Waals surface area contributed by atoms with Gasteiger partial charge < -0.3 is 9.64 Å². The Hall–Kier alpha value is -0.610. The van der Waals surface area contributed by atoms with Crippen LogP contribution < -0.4 is 5.32 Å². The summed E-state index contributed by atoms with van der Waals surface area (Å²) in [6.07, 6.45) is 1.96. The monoisotopic (exact) mass is 200 g/mol. The molecule has 2 unspecified atom stereocenters. The number of nitrogens with one attached hydrogen (secondary N) is 1. The largest absolute Gasteiger partial charge is 0.383 e. The highest BCUT2D eigenvalue weighted by atomic mass is 16.5. The first-order chi connectivity index (χ1) is 6.70. The van der Waals surface area contributed by atoms with E-state index in [1.54, 1.807) is 7.11 Å². The predicted molar refractivity (Wildman–Crippen MR) is 54.9 cm³/mol. The topological polar surface area (TPSA) is 41.6 Å². The molecule has 4 heteroatoms. The van der Waals surface area contributed by atoms with Crippen LogP contribution in [-0.4, -0.2) is 43.3 Å². The number of ether oxygens (including phenoxy) is 1. The van der Waals surface area contributed by atoms with Gasteiger partial charge in [0.1, 0.15) is 0 Å². The van der Waals surface area contributed by atoms with Crippen LogP contribution in [0.5, 0.6) is 0 Å². The second-order valence-corrected chi connectivity index (χ2v) is 3.82. The SMILES string of the molecule is CCCC1NCN(C(C)COC)C1=O. The van der Waals surface area contributed by atoms with Gasteiger partial charge in [0.2, 0.25) is 5.91 Å². The Morgan fingerprint density at radius 3 is 3.00 bits per heavy atom. The quantitative estimate of drug-likeness (QED) is 0.706. The van der Waals surface area contributed by atoms with E-state index in [0.29, 0.717) is 13.3 Å². The van der Waals surface area contributed by atoms with Crippen LogP contribution in [-0.2, 0) is 9.53 Å². The number of hydrogen-bond acceptors (Lipinski definition) is 3. The fourth-order valence-electron chi connectivity index (χ4n) is 1.79. The van der Waals surface area contributed by atoms with Gasteiger partial charge in [-0.2, -0.15) is 0 Å². The van der Waals surface area contributed by atoms with Crippen LogP contribution in [0, 0.1) is 0 Å². The maximum atomic E-state index is 11.8. The molecule has 0 aromatic rings. The molecular weight excluding hydrogens is 180 g/mol. The van der Waals surface area contributed by atoms with E-state index in [2.05, 4.69) is 12.2 Å². The van der Waals surface area contributed by atoms with E-state index in [9.17, 15) is 4.79 Å². The molecule has 1 heterocycles. The highest BCUT2D eigenvalue weighted by molar-refractivity contribution is 5.84. The fraction of sp³-hybridized carbons (Fsp3) is 0.900. The maximum Gasteiger partial charge on any atom is 0.241 e. The summed E-state index contributed by atoms with van der Waals surface area (Å²) >= 11 is 0. The third-order valence-electron chi connectivity index (χ3n) is 2.61. The number of amides is 1. The van der Waals surface area contributed by atoms with Crippen molar-refractivity contribution in [2.75, 3.05) is 20.4 Å². The zero-order valence-electron chi connectivity index (χ0n) is 9.25. The minimum atomic E-state index is 0.0271. The van der Waals surface area contributed by atoms with E-state index in [4.69, 9.17) is 4.74 Å². The molecule has 82 valence electrons. The molecular formula is C10H20N2O2. The Morgan fingerprint density at radius 1 is 1.71 bits per heavy atom. The second kappa shape index (κ2) is 5.32. The van der Waals surface area contributed by atoms with Crippen LogP contribution >= 0.6 is 0 Å². The smallest absolute Gasteiger partial charge is 0.241 e. The van der Waals surface area contributed by atoms with E-state index < -0.39 is 0 Å². The van der Waals surface area contributed by atoms with Crippen molar-refractivity contribution in [1.29, 1.82) is 0 Å². The van der Waals surface area contributed by atoms with E-state index in [-0.39, 0.29) is 18.0 Å². The summed E-state index contributed by atoms with van der Waals surface area (Å²) in [6, 6.07) is 0.196. The van der Waals surface area contributed by atoms with E-state index >= 15 is 0 Å². The molecule has 1 fully saturated rings. The Kier molecular flexibility index (Phi) is 4.35. The van der Waals surface area contributed by atoms with Crippen molar-refractivity contribution in [2.24, 2.45) is 0 Å². The molecule has 1 aliphatic heterocycles. The van der Waals surface area contributed by atoms with Gasteiger partial charge in [0, 0.05) is 7.11 Å². The zero-order chi connectivity index (χ0) is 10.6. The zero-order valence-corrected chi connectivity index (χ0v) is 9.25. The number of carbonyl (C=O) groups is 1. The van der Waals surface area contributed by atoms with E-state index in [0.717, 1.165) is 12.8 Å². The Balaban J connectivity index is 2.46. The normalized spacial score (nSPS) is 24.4. The molecule has 0 saturated carbocycles. The fourth-order valence-corrected chi connectivity index (χ4v) is 1.79. The van der Waals surface area contributed by atoms with Gasteiger partial charge in [-0.25, -0.2) is 0 Å². The minimum Gasteiger partial charge on any atom is -0.383 e. The maximum absolute atomic E-state index is 11.8. The van der Waals surface area contributed by atoms with Gasteiger partial charge in [0.25, 0.3) is 0 Å². The molecule has 1 aliphatic rings. The molecule has 0 aromatic heterocycles. The van der Waals surface area contributed by atoms with Crippen LogP contribution in [0.3, 0.4) is 0 Å². The summed E-state index contributed by atoms with van der Waals surface area (Å²) in [5.74, 6) is 0.219. The molecule has 4 nitrogen and oxygen atoms in total. The number of hydrogen-bond donors (Lipinski definition) is 1. The van der Waals surface area contributed by atoms with Crippen LogP contribution in [0.4, 0.5) is 0 Å². The first-order valence-electron chi connectivity index (χ1n) is 5.23. The molecule has 0 aliphatic carbocycles. The highest BCUT2D eigenvalue weighted by Crippen LogP contribution is 2.12. The molecule has 0 spiro atoms. The lowest BCUT2D eigenvalue weighted by Gasteiger charge is -2.22. The summed E-state index contributed by atoms with van der Waals surface area (Å²) in [7, 11) is 1.66. The van der Waals surface area contributed by atoms with Crippen molar-refractivity contribution in [3.63, 3.8) is 0 Å². The summed E-state index contributed by atoms with van der Waals surface area (Å²) in [4.78, 5) is 13.7. The van der Waals surface area contributed by atoms with E-state index in [1.165, 1.54) is 0 Å². The molecule has 0 radical (unpaired) electrons. The Labute approximate surface area is 85.6 Å². The van der Waals surface area contributed by atoms with Gasteiger partial charge >= 0.3 is 0 Å². The van der Waals surface area contributed by atoms with Gasteiger partial charge in [-0.1, -0.05) is 13.3 Å². The number of rotatable bonds is 5. The third kappa shape index (κ3) is 2.45. The van der Waals surface area contributed by atoms with Crippen molar-refractivity contribution in [3.05, 3.63) is 0 Å². The van der Waals surface area contributed by atoms with Crippen LogP contribution in [0.15, 0.2) is 0 Å². The lowest BCUT2D eigenvalue weighted by atomic mass is 10.1. The Morgan fingerprint density at radius 2 is 2.43 bits per heavy atom. The van der Waals surface area contributed by atoms with Crippen LogP contribution in [0.25, 0.3) is 0 Å². The molecule has 0 aromatic carbocycles. The Bertz CT molecular complexity index is 197. The first kappa shape index (κ1) is 11.5. The standard InChI is InChI=1S/C10H20N2O2/c1-4-5-9-10(13)12(7-11-9)8(2)6-14-3/h8-9,11H,4-7H2,1-3H3. The van der Waals surface area contributed by atoms with Crippen molar-refractivity contribution >= 4 is 5.91 Å². The number of nitrogens with zero attached hydrogens (tertiary/aromatic N) is 1. The molecule has 1 N–H and O–H groups in total. The van der Waals surface area contributed by atoms with Gasteiger partial charge in [0.15, 0.2) is 0 Å². The summed E-state index contributed by atoms with van der Waals surface area (Å²) < 4.78 is 5.04. The lowest BCUT2D eigenvalue weighted by molar-refractivity contribution is -0.131. The predicted octanol–water partition coefficient (Wildman–Crippen LogP) is 0.579. The third-order valence-corrected chi connectivity index (χ3v) is 2.61. The second-order valence-electron chi connectivity index (χ2n) is 3.82. The number of carbonyl (C=O) groups excluding carboxylic acids is 1. The van der Waals surface area contributed by atoms with E-state index in [1.807, 2.05) is 11.8 Å². The summed E-state index contributed by atoms with van der Waals surface area (Å²) in [5.41, 5.74) is 0. The molecule has 1 rings (SSSR count). The van der Waals surface area contributed by atoms with Gasteiger partial charge in [-0.15, -0.1) is 0 Å². The molecule has 14 heavy (non-hydrogen) atoms. The summed E-state index contributed by atoms with van der Waals surface area (Å²) in [5, 5.41) is 3.22. The van der Waals surface area contributed by atoms with Crippen molar-refractivity contribution < 1.29 is 9.53 Å². The molecule has 1 saturated heterocycles. The first-order valence-corrected chi connectivity index (χ1v) is 5.23. The van der Waals surface area contributed by atoms with Crippen LogP contribution in [0.2, 0.25) is 0 Å². The van der Waals surface area contributed by atoms with Gasteiger partial charge in [-0.3, -0.25) is 10.1 Å². The van der Waals surface area contributed by atoms with Gasteiger partial charge in [-0.05, 0) is 13.3 Å². The van der Waals surface area contributed by atoms with Crippen LogP contribution in [0.1, 0.15) is 26.7 Å². The van der Waals surface area contributed by atoms with Gasteiger partial charge in [0.05, 0.1) is 25.4 Å².